The molecular formula is C16H17F. The van der Waals surface area contributed by atoms with E-state index < -0.39 is 0 Å². The fraction of sp³-hybridized carbons (Fsp3) is 0.250. The normalized spacial score (nSPS) is 12.4. The van der Waals surface area contributed by atoms with E-state index in [2.05, 4.69) is 32.0 Å². The molecule has 0 N–H and O–H groups in total. The summed E-state index contributed by atoms with van der Waals surface area (Å²) in [6, 6.07) is 15.1. The van der Waals surface area contributed by atoms with Crippen LogP contribution in [0.25, 0.3) is 11.1 Å². The molecule has 2 aromatic rings. The minimum absolute atomic E-state index is 0.185. The Kier molecular flexibility index (Phi) is 3.58. The van der Waals surface area contributed by atoms with E-state index in [0.29, 0.717) is 5.92 Å². The van der Waals surface area contributed by atoms with E-state index in [1.54, 1.807) is 0 Å². The fourth-order valence-electron chi connectivity index (χ4n) is 2.04. The van der Waals surface area contributed by atoms with E-state index in [9.17, 15) is 4.39 Å². The Morgan fingerprint density at radius 3 is 2.29 bits per heavy atom. The molecule has 0 saturated carbocycles. The summed E-state index contributed by atoms with van der Waals surface area (Å²) < 4.78 is 12.9. The van der Waals surface area contributed by atoms with Gasteiger partial charge in [0, 0.05) is 0 Å². The molecule has 1 unspecified atom stereocenters. The van der Waals surface area contributed by atoms with E-state index in [-0.39, 0.29) is 5.82 Å². The summed E-state index contributed by atoms with van der Waals surface area (Å²) in [5, 5.41) is 0. The van der Waals surface area contributed by atoms with E-state index >= 15 is 0 Å². The molecule has 0 aliphatic carbocycles. The van der Waals surface area contributed by atoms with Gasteiger partial charge in [0.25, 0.3) is 0 Å². The zero-order chi connectivity index (χ0) is 12.3. The molecule has 0 aromatic heterocycles. The summed E-state index contributed by atoms with van der Waals surface area (Å²) >= 11 is 0. The largest absolute Gasteiger partial charge is 0.207 e. The summed E-state index contributed by atoms with van der Waals surface area (Å²) in [7, 11) is 0. The average molecular weight is 228 g/mol. The smallest absolute Gasteiger partial charge is 0.123 e. The van der Waals surface area contributed by atoms with Crippen LogP contribution in [0.2, 0.25) is 0 Å². The zero-order valence-electron chi connectivity index (χ0n) is 10.3. The molecule has 2 aromatic carbocycles. The quantitative estimate of drug-likeness (QED) is 0.693. The molecule has 1 heteroatoms. The standard InChI is InChI=1S/C16H17F/c1-3-12(2)15-6-4-5-7-16(15)13-8-10-14(17)11-9-13/h4-12H,3H2,1-2H3. The van der Waals surface area contributed by atoms with Gasteiger partial charge in [-0.1, -0.05) is 50.2 Å². The van der Waals surface area contributed by atoms with Gasteiger partial charge in [0.05, 0.1) is 0 Å². The third kappa shape index (κ3) is 2.55. The lowest BCUT2D eigenvalue weighted by Crippen LogP contribution is -1.94. The van der Waals surface area contributed by atoms with Crippen LogP contribution < -0.4 is 0 Å². The first-order valence-electron chi connectivity index (χ1n) is 6.07. The minimum Gasteiger partial charge on any atom is -0.207 e. The van der Waals surface area contributed by atoms with Gasteiger partial charge in [-0.3, -0.25) is 0 Å². The van der Waals surface area contributed by atoms with Gasteiger partial charge < -0.3 is 0 Å². The summed E-state index contributed by atoms with van der Waals surface area (Å²) in [6.45, 7) is 4.41. The first kappa shape index (κ1) is 11.8. The molecule has 0 spiro atoms. The van der Waals surface area contributed by atoms with Crippen LogP contribution in [-0.2, 0) is 0 Å². The first-order chi connectivity index (χ1) is 8.22. The molecular weight excluding hydrogens is 211 g/mol. The summed E-state index contributed by atoms with van der Waals surface area (Å²) in [4.78, 5) is 0. The van der Waals surface area contributed by atoms with Crippen molar-refractivity contribution in [3.63, 3.8) is 0 Å². The van der Waals surface area contributed by atoms with E-state index in [0.717, 1.165) is 12.0 Å². The highest BCUT2D eigenvalue weighted by atomic mass is 19.1. The Balaban J connectivity index is 2.48. The molecule has 2 rings (SSSR count). The topological polar surface area (TPSA) is 0 Å². The molecule has 0 aliphatic rings. The Bertz CT molecular complexity index is 485. The molecule has 0 amide bonds. The van der Waals surface area contributed by atoms with Crippen molar-refractivity contribution in [2.24, 2.45) is 0 Å². The monoisotopic (exact) mass is 228 g/mol. The van der Waals surface area contributed by atoms with E-state index in [1.807, 2.05) is 18.2 Å². The molecule has 1 atom stereocenters. The molecule has 0 radical (unpaired) electrons. The summed E-state index contributed by atoms with van der Waals surface area (Å²) in [6.07, 6.45) is 1.11. The van der Waals surface area contributed by atoms with Gasteiger partial charge in [-0.15, -0.1) is 0 Å². The van der Waals surface area contributed by atoms with Crippen LogP contribution in [0, 0.1) is 5.82 Å². The molecule has 0 aliphatic heterocycles. The molecule has 17 heavy (non-hydrogen) atoms. The molecule has 0 fully saturated rings. The van der Waals surface area contributed by atoms with Crippen LogP contribution in [0.15, 0.2) is 48.5 Å². The van der Waals surface area contributed by atoms with Crippen LogP contribution in [-0.4, -0.2) is 0 Å². The Morgan fingerprint density at radius 1 is 1.00 bits per heavy atom. The lowest BCUT2D eigenvalue weighted by Gasteiger charge is -2.15. The van der Waals surface area contributed by atoms with Gasteiger partial charge >= 0.3 is 0 Å². The van der Waals surface area contributed by atoms with Crippen molar-refractivity contribution in [2.75, 3.05) is 0 Å². The second kappa shape index (κ2) is 5.13. The summed E-state index contributed by atoms with van der Waals surface area (Å²) in [5.41, 5.74) is 3.63. The predicted molar refractivity (Wildman–Crippen MR) is 70.5 cm³/mol. The maximum Gasteiger partial charge on any atom is 0.123 e. The highest BCUT2D eigenvalue weighted by Crippen LogP contribution is 2.30. The van der Waals surface area contributed by atoms with Crippen LogP contribution in [0.5, 0.6) is 0 Å². The molecule has 0 saturated heterocycles. The zero-order valence-corrected chi connectivity index (χ0v) is 10.3. The average Bonchev–Trinajstić information content (AvgIpc) is 2.39. The van der Waals surface area contributed by atoms with Gasteiger partial charge in [0.15, 0.2) is 0 Å². The Hall–Kier alpha value is -1.63. The van der Waals surface area contributed by atoms with Gasteiger partial charge in [0.2, 0.25) is 0 Å². The van der Waals surface area contributed by atoms with Gasteiger partial charge in [-0.25, -0.2) is 4.39 Å². The van der Waals surface area contributed by atoms with Crippen molar-refractivity contribution >= 4 is 0 Å². The lowest BCUT2D eigenvalue weighted by molar-refractivity contribution is 0.628. The number of benzene rings is 2. The highest BCUT2D eigenvalue weighted by Gasteiger charge is 2.09. The van der Waals surface area contributed by atoms with Crippen molar-refractivity contribution in [3.05, 3.63) is 59.9 Å². The van der Waals surface area contributed by atoms with Crippen molar-refractivity contribution < 1.29 is 4.39 Å². The third-order valence-electron chi connectivity index (χ3n) is 3.26. The van der Waals surface area contributed by atoms with Gasteiger partial charge in [-0.2, -0.15) is 0 Å². The number of hydrogen-bond donors (Lipinski definition) is 0. The Labute approximate surface area is 102 Å². The third-order valence-corrected chi connectivity index (χ3v) is 3.26. The molecule has 0 heterocycles. The van der Waals surface area contributed by atoms with E-state index in [1.165, 1.54) is 23.3 Å². The SMILES string of the molecule is CCC(C)c1ccccc1-c1ccc(F)cc1. The van der Waals surface area contributed by atoms with Crippen molar-refractivity contribution in [1.29, 1.82) is 0 Å². The maximum atomic E-state index is 12.9. The van der Waals surface area contributed by atoms with Gasteiger partial charge in [0.1, 0.15) is 5.82 Å². The summed E-state index contributed by atoms with van der Waals surface area (Å²) in [5.74, 6) is 0.339. The Morgan fingerprint density at radius 2 is 1.65 bits per heavy atom. The molecule has 0 bridgehead atoms. The number of hydrogen-bond acceptors (Lipinski definition) is 0. The fourth-order valence-corrected chi connectivity index (χ4v) is 2.04. The minimum atomic E-state index is -0.185. The van der Waals surface area contributed by atoms with Crippen LogP contribution in [0.4, 0.5) is 4.39 Å². The second-order valence-corrected chi connectivity index (χ2v) is 4.40. The number of halogens is 1. The van der Waals surface area contributed by atoms with E-state index in [4.69, 9.17) is 0 Å². The van der Waals surface area contributed by atoms with Crippen molar-refractivity contribution in [3.8, 4) is 11.1 Å². The predicted octanol–water partition coefficient (Wildman–Crippen LogP) is 5.01. The van der Waals surface area contributed by atoms with Crippen molar-refractivity contribution in [2.45, 2.75) is 26.2 Å². The van der Waals surface area contributed by atoms with Crippen LogP contribution >= 0.6 is 0 Å². The van der Waals surface area contributed by atoms with Gasteiger partial charge in [-0.05, 0) is 41.2 Å². The second-order valence-electron chi connectivity index (χ2n) is 4.40. The lowest BCUT2D eigenvalue weighted by atomic mass is 9.90. The maximum absolute atomic E-state index is 12.9. The number of rotatable bonds is 3. The first-order valence-corrected chi connectivity index (χ1v) is 6.07. The molecule has 88 valence electrons. The van der Waals surface area contributed by atoms with Crippen LogP contribution in [0.3, 0.4) is 0 Å². The highest BCUT2D eigenvalue weighted by molar-refractivity contribution is 5.67. The van der Waals surface area contributed by atoms with Crippen molar-refractivity contribution in [1.82, 2.24) is 0 Å². The van der Waals surface area contributed by atoms with Crippen LogP contribution in [0.1, 0.15) is 31.7 Å². The molecule has 0 nitrogen and oxygen atoms in total.